The van der Waals surface area contributed by atoms with Gasteiger partial charge in [-0.05, 0) is 31.2 Å². The molecule has 0 atom stereocenters. The molecule has 1 heterocycles. The fourth-order valence-corrected chi connectivity index (χ4v) is 2.47. The van der Waals surface area contributed by atoms with E-state index in [2.05, 4.69) is 4.98 Å². The maximum Gasteiger partial charge on any atom is 0.334 e. The van der Waals surface area contributed by atoms with Gasteiger partial charge in [0, 0.05) is 6.26 Å². The smallest absolute Gasteiger partial charge is 0.297 e. The minimum atomic E-state index is -3.33. The van der Waals surface area contributed by atoms with E-state index in [4.69, 9.17) is 11.6 Å². The van der Waals surface area contributed by atoms with Crippen molar-refractivity contribution < 1.29 is 8.42 Å². The van der Waals surface area contributed by atoms with Crippen molar-refractivity contribution in [1.82, 2.24) is 9.55 Å². The molecule has 0 aliphatic carbocycles. The van der Waals surface area contributed by atoms with Crippen LogP contribution in [-0.4, -0.2) is 24.2 Å². The molecule has 0 amide bonds. The molecule has 0 bridgehead atoms. The molecule has 0 spiro atoms. The molecule has 2 rings (SSSR count). The van der Waals surface area contributed by atoms with Crippen molar-refractivity contribution in [3.05, 3.63) is 55.8 Å². The number of rotatable bonds is 2. The Kier molecular flexibility index (Phi) is 3.58. The molecular formula is C12H11ClN2O4S. The van der Waals surface area contributed by atoms with E-state index >= 15 is 0 Å². The van der Waals surface area contributed by atoms with Gasteiger partial charge in [0.05, 0.1) is 16.1 Å². The molecule has 1 aromatic carbocycles. The Morgan fingerprint density at radius 1 is 1.15 bits per heavy atom. The van der Waals surface area contributed by atoms with Gasteiger partial charge < -0.3 is 0 Å². The highest BCUT2D eigenvalue weighted by atomic mass is 35.5. The van der Waals surface area contributed by atoms with Gasteiger partial charge in [0.15, 0.2) is 9.84 Å². The molecule has 20 heavy (non-hydrogen) atoms. The molecule has 1 N–H and O–H groups in total. The first kappa shape index (κ1) is 14.5. The standard InChI is InChI=1S/C12H11ClN2O4S/c1-7-10(13)14-12(17)15(11(7)16)8-3-5-9(6-4-8)20(2,18)19/h3-6H,1-2H3,(H,14,17). The quantitative estimate of drug-likeness (QED) is 0.834. The minimum absolute atomic E-state index is 0.0102. The Bertz CT molecular complexity index is 879. The van der Waals surface area contributed by atoms with E-state index in [9.17, 15) is 18.0 Å². The maximum atomic E-state index is 12.0. The number of halogens is 1. The average molecular weight is 315 g/mol. The van der Waals surface area contributed by atoms with E-state index in [1.165, 1.54) is 31.2 Å². The van der Waals surface area contributed by atoms with Gasteiger partial charge in [-0.2, -0.15) is 0 Å². The van der Waals surface area contributed by atoms with Crippen LogP contribution in [-0.2, 0) is 9.84 Å². The highest BCUT2D eigenvalue weighted by Crippen LogP contribution is 2.12. The number of aromatic nitrogens is 2. The first-order valence-corrected chi connectivity index (χ1v) is 7.80. The van der Waals surface area contributed by atoms with Crippen molar-refractivity contribution in [2.45, 2.75) is 11.8 Å². The number of nitrogens with zero attached hydrogens (tertiary/aromatic N) is 1. The van der Waals surface area contributed by atoms with Crippen LogP contribution in [0.1, 0.15) is 5.56 Å². The second kappa shape index (κ2) is 4.92. The molecule has 0 aliphatic rings. The summed E-state index contributed by atoms with van der Waals surface area (Å²) in [6.07, 6.45) is 1.08. The topological polar surface area (TPSA) is 89.0 Å². The summed E-state index contributed by atoms with van der Waals surface area (Å²) in [5, 5.41) is -0.0102. The summed E-state index contributed by atoms with van der Waals surface area (Å²) in [5.74, 6) is 0. The Balaban J connectivity index is 2.68. The Labute approximate surface area is 119 Å². The number of hydrogen-bond donors (Lipinski definition) is 1. The summed E-state index contributed by atoms with van der Waals surface area (Å²) < 4.78 is 23.6. The van der Waals surface area contributed by atoms with Crippen molar-refractivity contribution in [3.8, 4) is 5.69 Å². The van der Waals surface area contributed by atoms with E-state index in [1.54, 1.807) is 0 Å². The lowest BCUT2D eigenvalue weighted by molar-refractivity contribution is 0.602. The zero-order valence-electron chi connectivity index (χ0n) is 10.7. The van der Waals surface area contributed by atoms with Gasteiger partial charge in [0.25, 0.3) is 5.56 Å². The van der Waals surface area contributed by atoms with Crippen LogP contribution in [0.15, 0.2) is 38.8 Å². The highest BCUT2D eigenvalue weighted by molar-refractivity contribution is 7.90. The molecule has 0 unspecified atom stereocenters. The SMILES string of the molecule is Cc1c(Cl)[nH]c(=O)n(-c2ccc(S(C)(=O)=O)cc2)c1=O. The van der Waals surface area contributed by atoms with E-state index < -0.39 is 21.1 Å². The largest absolute Gasteiger partial charge is 0.334 e. The van der Waals surface area contributed by atoms with Crippen LogP contribution in [0.25, 0.3) is 5.69 Å². The number of hydrogen-bond acceptors (Lipinski definition) is 4. The zero-order chi connectivity index (χ0) is 15.1. The molecule has 106 valence electrons. The van der Waals surface area contributed by atoms with Crippen LogP contribution in [0, 0.1) is 6.92 Å². The van der Waals surface area contributed by atoms with Crippen molar-refractivity contribution in [1.29, 1.82) is 0 Å². The summed E-state index contributed by atoms with van der Waals surface area (Å²) in [7, 11) is -3.33. The van der Waals surface area contributed by atoms with Crippen molar-refractivity contribution in [2.24, 2.45) is 0 Å². The van der Waals surface area contributed by atoms with Gasteiger partial charge in [-0.25, -0.2) is 17.8 Å². The highest BCUT2D eigenvalue weighted by Gasteiger charge is 2.12. The average Bonchev–Trinajstić information content (AvgIpc) is 2.36. The van der Waals surface area contributed by atoms with Gasteiger partial charge in [-0.1, -0.05) is 11.6 Å². The maximum absolute atomic E-state index is 12.0. The molecule has 1 aromatic heterocycles. The zero-order valence-corrected chi connectivity index (χ0v) is 12.2. The number of H-pyrrole nitrogens is 1. The Hall–Kier alpha value is -1.86. The fourth-order valence-electron chi connectivity index (χ4n) is 1.67. The van der Waals surface area contributed by atoms with E-state index in [-0.39, 0.29) is 21.3 Å². The summed E-state index contributed by atoms with van der Waals surface area (Å²) in [4.78, 5) is 26.3. The molecule has 0 aliphatic heterocycles. The van der Waals surface area contributed by atoms with Crippen LogP contribution < -0.4 is 11.2 Å². The number of sulfone groups is 1. The second-order valence-electron chi connectivity index (χ2n) is 4.28. The molecule has 8 heteroatoms. The summed E-state index contributed by atoms with van der Waals surface area (Å²) in [6.45, 7) is 1.49. The third-order valence-corrected chi connectivity index (χ3v) is 4.30. The predicted octanol–water partition coefficient (Wildman–Crippen LogP) is 0.891. The van der Waals surface area contributed by atoms with Crippen LogP contribution in [0.2, 0.25) is 5.15 Å². The first-order chi connectivity index (χ1) is 9.21. The van der Waals surface area contributed by atoms with Gasteiger partial charge in [0.2, 0.25) is 0 Å². The van der Waals surface area contributed by atoms with E-state index in [1.807, 2.05) is 0 Å². The molecular weight excluding hydrogens is 304 g/mol. The van der Waals surface area contributed by atoms with Crippen LogP contribution in [0.4, 0.5) is 0 Å². The number of aromatic amines is 1. The molecule has 0 radical (unpaired) electrons. The molecule has 6 nitrogen and oxygen atoms in total. The Morgan fingerprint density at radius 3 is 2.20 bits per heavy atom. The lowest BCUT2D eigenvalue weighted by Gasteiger charge is -2.07. The predicted molar refractivity (Wildman–Crippen MR) is 75.5 cm³/mol. The van der Waals surface area contributed by atoms with Crippen LogP contribution in [0.5, 0.6) is 0 Å². The van der Waals surface area contributed by atoms with Gasteiger partial charge >= 0.3 is 5.69 Å². The van der Waals surface area contributed by atoms with Crippen molar-refractivity contribution in [3.63, 3.8) is 0 Å². The summed E-state index contributed by atoms with van der Waals surface area (Å²) in [5.41, 5.74) is -0.759. The van der Waals surface area contributed by atoms with E-state index in [0.717, 1.165) is 10.8 Å². The van der Waals surface area contributed by atoms with Crippen molar-refractivity contribution >= 4 is 21.4 Å². The van der Waals surface area contributed by atoms with Crippen LogP contribution >= 0.6 is 11.6 Å². The monoisotopic (exact) mass is 314 g/mol. The molecule has 0 fully saturated rings. The minimum Gasteiger partial charge on any atom is -0.297 e. The molecule has 2 aromatic rings. The third kappa shape index (κ3) is 2.54. The van der Waals surface area contributed by atoms with Gasteiger partial charge in [-0.3, -0.25) is 9.78 Å². The third-order valence-electron chi connectivity index (χ3n) is 2.80. The van der Waals surface area contributed by atoms with Crippen molar-refractivity contribution in [2.75, 3.05) is 6.26 Å². The Morgan fingerprint density at radius 2 is 1.70 bits per heavy atom. The normalized spacial score (nSPS) is 11.6. The van der Waals surface area contributed by atoms with Crippen LogP contribution in [0.3, 0.4) is 0 Å². The molecule has 0 saturated carbocycles. The fraction of sp³-hybridized carbons (Fsp3) is 0.167. The lowest BCUT2D eigenvalue weighted by Crippen LogP contribution is -2.35. The van der Waals surface area contributed by atoms with Gasteiger partial charge in [-0.15, -0.1) is 0 Å². The number of nitrogens with one attached hydrogen (secondary N) is 1. The summed E-state index contributed by atoms with van der Waals surface area (Å²) in [6, 6.07) is 5.45. The van der Waals surface area contributed by atoms with E-state index in [0.29, 0.717) is 0 Å². The second-order valence-corrected chi connectivity index (χ2v) is 6.67. The first-order valence-electron chi connectivity index (χ1n) is 5.54. The molecule has 0 saturated heterocycles. The lowest BCUT2D eigenvalue weighted by atomic mass is 10.3. The van der Waals surface area contributed by atoms with Gasteiger partial charge in [0.1, 0.15) is 5.15 Å². The number of benzene rings is 1. The summed E-state index contributed by atoms with van der Waals surface area (Å²) >= 11 is 5.72.